The van der Waals surface area contributed by atoms with E-state index >= 15 is 0 Å². The molecule has 1 aromatic carbocycles. The van der Waals surface area contributed by atoms with Crippen molar-refractivity contribution in [1.29, 1.82) is 0 Å². The van der Waals surface area contributed by atoms with Gasteiger partial charge in [0.25, 0.3) is 0 Å². The summed E-state index contributed by atoms with van der Waals surface area (Å²) in [4.78, 5) is 17.4. The molecule has 1 aliphatic rings. The number of carbonyl (C=O) groups is 1. The van der Waals surface area contributed by atoms with E-state index in [0.717, 1.165) is 16.9 Å². The van der Waals surface area contributed by atoms with Gasteiger partial charge in [0.05, 0.1) is 54.1 Å². The predicted molar refractivity (Wildman–Crippen MR) is 113 cm³/mol. The highest BCUT2D eigenvalue weighted by molar-refractivity contribution is 7.91. The lowest BCUT2D eigenvalue weighted by Crippen LogP contribution is -2.13. The van der Waals surface area contributed by atoms with Crippen molar-refractivity contribution in [2.45, 2.75) is 26.3 Å². The van der Waals surface area contributed by atoms with Gasteiger partial charge in [-0.05, 0) is 50.1 Å². The van der Waals surface area contributed by atoms with Gasteiger partial charge < -0.3 is 9.47 Å². The van der Waals surface area contributed by atoms with E-state index in [1.165, 1.54) is 7.11 Å². The van der Waals surface area contributed by atoms with Gasteiger partial charge in [0.15, 0.2) is 15.5 Å². The molecule has 0 aliphatic carbocycles. The average Bonchev–Trinajstić information content (AvgIpc) is 3.25. The molecule has 3 heterocycles. The van der Waals surface area contributed by atoms with Gasteiger partial charge in [-0.1, -0.05) is 0 Å². The lowest BCUT2D eigenvalue weighted by molar-refractivity contribution is 0.0603. The molecule has 0 N–H and O–H groups in total. The van der Waals surface area contributed by atoms with E-state index in [0.29, 0.717) is 34.4 Å². The Morgan fingerprint density at radius 1 is 1.20 bits per heavy atom. The van der Waals surface area contributed by atoms with Crippen LogP contribution in [0.2, 0.25) is 0 Å². The van der Waals surface area contributed by atoms with Crippen molar-refractivity contribution < 1.29 is 22.7 Å². The molecular formula is C21H23N3O5S. The minimum absolute atomic E-state index is 0.0182. The number of pyridine rings is 1. The number of esters is 1. The molecule has 4 rings (SSSR count). The van der Waals surface area contributed by atoms with Crippen LogP contribution in [0.3, 0.4) is 0 Å². The minimum Gasteiger partial charge on any atom is -0.496 e. The molecule has 158 valence electrons. The topological polar surface area (TPSA) is 100 Å². The summed E-state index contributed by atoms with van der Waals surface area (Å²) in [5, 5.41) is 5.14. The van der Waals surface area contributed by atoms with Gasteiger partial charge in [-0.3, -0.25) is 0 Å². The normalized spacial score (nSPS) is 17.9. The molecule has 0 spiro atoms. The Balaban J connectivity index is 1.95. The molecule has 1 fully saturated rings. The Morgan fingerprint density at radius 2 is 1.97 bits per heavy atom. The largest absolute Gasteiger partial charge is 0.496 e. The molecule has 1 aliphatic heterocycles. The molecule has 2 aromatic heterocycles. The van der Waals surface area contributed by atoms with E-state index in [-0.39, 0.29) is 17.5 Å². The molecule has 0 saturated carbocycles. The molecule has 9 heteroatoms. The number of benzene rings is 1. The van der Waals surface area contributed by atoms with E-state index in [2.05, 4.69) is 5.10 Å². The second kappa shape index (κ2) is 7.39. The smallest absolute Gasteiger partial charge is 0.338 e. The van der Waals surface area contributed by atoms with Crippen LogP contribution in [0.4, 0.5) is 0 Å². The summed E-state index contributed by atoms with van der Waals surface area (Å²) in [6.07, 6.45) is 0.472. The first kappa shape index (κ1) is 20.3. The summed E-state index contributed by atoms with van der Waals surface area (Å²) in [5.41, 5.74) is 3.78. The lowest BCUT2D eigenvalue weighted by Gasteiger charge is -2.12. The van der Waals surface area contributed by atoms with E-state index < -0.39 is 15.8 Å². The van der Waals surface area contributed by atoms with Gasteiger partial charge in [0.2, 0.25) is 0 Å². The Morgan fingerprint density at radius 3 is 2.57 bits per heavy atom. The van der Waals surface area contributed by atoms with Gasteiger partial charge in [-0.15, -0.1) is 0 Å². The molecule has 30 heavy (non-hydrogen) atoms. The standard InChI is InChI=1S/C21H23N3O5S/c1-12-9-14(5-6-18(12)28-3)17-10-16(21(25)29-4)19-13(2)23-24(20(19)22-17)15-7-8-30(26,27)11-15/h5-6,9-10,15H,7-8,11H2,1-4H3/t15-/m0/s1. The number of nitrogens with zero attached hydrogens (tertiary/aromatic N) is 3. The zero-order chi connectivity index (χ0) is 21.6. The van der Waals surface area contributed by atoms with E-state index in [1.54, 1.807) is 24.8 Å². The van der Waals surface area contributed by atoms with E-state index in [9.17, 15) is 13.2 Å². The first-order valence-corrected chi connectivity index (χ1v) is 11.4. The minimum atomic E-state index is -3.10. The van der Waals surface area contributed by atoms with Crippen LogP contribution in [0, 0.1) is 13.8 Å². The number of sulfone groups is 1. The van der Waals surface area contributed by atoms with Crippen molar-refractivity contribution in [3.63, 3.8) is 0 Å². The number of rotatable bonds is 4. The number of aromatic nitrogens is 3. The van der Waals surface area contributed by atoms with Gasteiger partial charge >= 0.3 is 5.97 Å². The van der Waals surface area contributed by atoms with Crippen molar-refractivity contribution in [2.24, 2.45) is 0 Å². The van der Waals surface area contributed by atoms with E-state index in [4.69, 9.17) is 14.5 Å². The second-order valence-electron chi connectivity index (χ2n) is 7.52. The zero-order valence-electron chi connectivity index (χ0n) is 17.3. The predicted octanol–water partition coefficient (Wildman–Crippen LogP) is 2.87. The number of carbonyl (C=O) groups excluding carboxylic acids is 1. The molecule has 1 saturated heterocycles. The summed E-state index contributed by atoms with van der Waals surface area (Å²) in [7, 11) is -0.166. The van der Waals surface area contributed by atoms with Gasteiger partial charge in [-0.25, -0.2) is 22.9 Å². The number of ether oxygens (including phenoxy) is 2. The van der Waals surface area contributed by atoms with Crippen LogP contribution in [-0.2, 0) is 14.6 Å². The van der Waals surface area contributed by atoms with Crippen LogP contribution in [0.15, 0.2) is 24.3 Å². The first-order valence-electron chi connectivity index (χ1n) is 9.57. The monoisotopic (exact) mass is 429 g/mol. The molecular weight excluding hydrogens is 406 g/mol. The number of fused-ring (bicyclic) bond motifs is 1. The highest BCUT2D eigenvalue weighted by atomic mass is 32.2. The molecule has 0 bridgehead atoms. The Hall–Kier alpha value is -2.94. The fraction of sp³-hybridized carbons (Fsp3) is 0.381. The quantitative estimate of drug-likeness (QED) is 0.588. The van der Waals surface area contributed by atoms with Gasteiger partial charge in [0, 0.05) is 5.56 Å². The van der Waals surface area contributed by atoms with Crippen molar-refractivity contribution in [3.05, 3.63) is 41.1 Å². The SMILES string of the molecule is COC(=O)c1cc(-c2ccc(OC)c(C)c2)nc2c1c(C)nn2[C@H]1CCS(=O)(=O)C1. The van der Waals surface area contributed by atoms with Gasteiger partial charge in [0.1, 0.15) is 5.75 Å². The summed E-state index contributed by atoms with van der Waals surface area (Å²) in [5.74, 6) is 0.407. The summed E-state index contributed by atoms with van der Waals surface area (Å²) in [6, 6.07) is 7.04. The van der Waals surface area contributed by atoms with Crippen LogP contribution in [-0.4, -0.2) is 54.9 Å². The average molecular weight is 429 g/mol. The number of aryl methyl sites for hydroxylation is 2. The Kier molecular flexibility index (Phi) is 5.01. The zero-order valence-corrected chi connectivity index (χ0v) is 18.1. The molecule has 8 nitrogen and oxygen atoms in total. The molecule has 1 atom stereocenters. The maximum Gasteiger partial charge on any atom is 0.338 e. The summed E-state index contributed by atoms with van der Waals surface area (Å²) in [6.45, 7) is 3.72. The van der Waals surface area contributed by atoms with Crippen LogP contribution in [0.25, 0.3) is 22.3 Å². The number of hydrogen-bond donors (Lipinski definition) is 0. The molecule has 0 amide bonds. The summed E-state index contributed by atoms with van der Waals surface area (Å²) >= 11 is 0. The highest BCUT2D eigenvalue weighted by Crippen LogP contribution is 2.33. The lowest BCUT2D eigenvalue weighted by atomic mass is 10.0. The third-order valence-electron chi connectivity index (χ3n) is 5.49. The molecule has 0 radical (unpaired) electrons. The van der Waals surface area contributed by atoms with Crippen LogP contribution >= 0.6 is 0 Å². The highest BCUT2D eigenvalue weighted by Gasteiger charge is 2.32. The number of methoxy groups -OCH3 is 2. The van der Waals surface area contributed by atoms with Gasteiger partial charge in [-0.2, -0.15) is 5.10 Å². The van der Waals surface area contributed by atoms with Crippen LogP contribution < -0.4 is 4.74 Å². The first-order chi connectivity index (χ1) is 14.2. The van der Waals surface area contributed by atoms with Crippen molar-refractivity contribution in [3.8, 4) is 17.0 Å². The maximum atomic E-state index is 12.6. The van der Waals surface area contributed by atoms with Crippen molar-refractivity contribution in [1.82, 2.24) is 14.8 Å². The van der Waals surface area contributed by atoms with E-state index in [1.807, 2.05) is 25.1 Å². The molecule has 3 aromatic rings. The van der Waals surface area contributed by atoms with Crippen molar-refractivity contribution >= 4 is 26.8 Å². The Labute approximate surface area is 174 Å². The third kappa shape index (κ3) is 3.43. The maximum absolute atomic E-state index is 12.6. The Bertz CT molecular complexity index is 1260. The number of hydrogen-bond acceptors (Lipinski definition) is 7. The molecule has 0 unspecified atom stereocenters. The summed E-state index contributed by atoms with van der Waals surface area (Å²) < 4.78 is 36.0. The van der Waals surface area contributed by atoms with Crippen LogP contribution in [0.1, 0.15) is 34.1 Å². The third-order valence-corrected chi connectivity index (χ3v) is 7.24. The van der Waals surface area contributed by atoms with Crippen LogP contribution in [0.5, 0.6) is 5.75 Å². The fourth-order valence-corrected chi connectivity index (χ4v) is 5.68. The fourth-order valence-electron chi connectivity index (χ4n) is 3.99. The second-order valence-corrected chi connectivity index (χ2v) is 9.75. The van der Waals surface area contributed by atoms with Crippen molar-refractivity contribution in [2.75, 3.05) is 25.7 Å².